The van der Waals surface area contributed by atoms with Crippen LogP contribution in [0.1, 0.15) is 51.4 Å². The van der Waals surface area contributed by atoms with Crippen molar-refractivity contribution in [1.82, 2.24) is 10.2 Å². The molecule has 1 atom stereocenters. The summed E-state index contributed by atoms with van der Waals surface area (Å²) < 4.78 is 5.47. The zero-order valence-corrected chi connectivity index (χ0v) is 16.7. The highest BCUT2D eigenvalue weighted by molar-refractivity contribution is 14.0. The van der Waals surface area contributed by atoms with Crippen molar-refractivity contribution in [3.8, 4) is 0 Å². The summed E-state index contributed by atoms with van der Waals surface area (Å²) in [4.78, 5) is 6.71. The molecule has 1 saturated heterocycles. The van der Waals surface area contributed by atoms with Gasteiger partial charge in [0.15, 0.2) is 5.96 Å². The molecule has 0 bridgehead atoms. The Labute approximate surface area is 153 Å². The maximum absolute atomic E-state index is 5.47. The van der Waals surface area contributed by atoms with Crippen LogP contribution < -0.4 is 5.32 Å². The van der Waals surface area contributed by atoms with E-state index in [-0.39, 0.29) is 24.0 Å². The zero-order valence-electron chi connectivity index (χ0n) is 14.4. The molecule has 1 aliphatic heterocycles. The van der Waals surface area contributed by atoms with Crippen molar-refractivity contribution in [3.63, 3.8) is 0 Å². The van der Waals surface area contributed by atoms with Crippen LogP contribution in [-0.2, 0) is 4.74 Å². The van der Waals surface area contributed by atoms with E-state index in [1.807, 2.05) is 7.05 Å². The largest absolute Gasteiger partial charge is 0.381 e. The quantitative estimate of drug-likeness (QED) is 0.427. The van der Waals surface area contributed by atoms with Crippen molar-refractivity contribution in [3.05, 3.63) is 0 Å². The number of aliphatic imine (C=N–C) groups is 1. The molecule has 0 aromatic carbocycles. The van der Waals surface area contributed by atoms with E-state index in [9.17, 15) is 0 Å². The van der Waals surface area contributed by atoms with Crippen LogP contribution in [0.15, 0.2) is 4.99 Å². The Balaban J connectivity index is 0.00000242. The van der Waals surface area contributed by atoms with Gasteiger partial charge in [-0.15, -0.1) is 24.0 Å². The summed E-state index contributed by atoms with van der Waals surface area (Å²) in [6, 6.07) is 0. The van der Waals surface area contributed by atoms with Crippen LogP contribution in [0.4, 0.5) is 0 Å². The topological polar surface area (TPSA) is 36.9 Å². The molecule has 5 heteroatoms. The van der Waals surface area contributed by atoms with E-state index >= 15 is 0 Å². The van der Waals surface area contributed by atoms with Crippen LogP contribution in [-0.4, -0.2) is 51.3 Å². The predicted octanol–water partition coefficient (Wildman–Crippen LogP) is 3.51. The van der Waals surface area contributed by atoms with Crippen molar-refractivity contribution in [2.24, 2.45) is 16.8 Å². The van der Waals surface area contributed by atoms with E-state index in [0.717, 1.165) is 38.2 Å². The van der Waals surface area contributed by atoms with E-state index in [4.69, 9.17) is 4.74 Å². The molecular weight excluding hydrogens is 389 g/mol. The lowest BCUT2D eigenvalue weighted by Crippen LogP contribution is -2.43. The fourth-order valence-electron chi connectivity index (χ4n) is 3.57. The van der Waals surface area contributed by atoms with E-state index in [1.54, 1.807) is 0 Å². The molecule has 1 saturated carbocycles. The molecule has 2 rings (SSSR count). The lowest BCUT2D eigenvalue weighted by molar-refractivity contribution is 0.181. The third-order valence-corrected chi connectivity index (χ3v) is 4.90. The summed E-state index contributed by atoms with van der Waals surface area (Å²) in [6.07, 6.45) is 11.0. The van der Waals surface area contributed by atoms with Gasteiger partial charge in [0, 0.05) is 39.7 Å². The normalized spacial score (nSPS) is 24.3. The zero-order chi connectivity index (χ0) is 14.9. The number of hydrogen-bond acceptors (Lipinski definition) is 2. The average Bonchev–Trinajstić information content (AvgIpc) is 2.94. The SMILES string of the molecule is CN=C(NCC1CCCCCCC1)N(C)CC1CCOC1.I. The number of halogens is 1. The minimum Gasteiger partial charge on any atom is -0.381 e. The van der Waals surface area contributed by atoms with Crippen LogP contribution in [0.25, 0.3) is 0 Å². The lowest BCUT2D eigenvalue weighted by atomic mass is 9.91. The van der Waals surface area contributed by atoms with Gasteiger partial charge in [-0.25, -0.2) is 0 Å². The number of nitrogens with one attached hydrogen (secondary N) is 1. The van der Waals surface area contributed by atoms with Crippen molar-refractivity contribution in [2.45, 2.75) is 51.4 Å². The van der Waals surface area contributed by atoms with E-state index in [1.165, 1.54) is 51.4 Å². The van der Waals surface area contributed by atoms with Crippen LogP contribution in [0, 0.1) is 11.8 Å². The summed E-state index contributed by atoms with van der Waals surface area (Å²) in [5, 5.41) is 3.60. The third kappa shape index (κ3) is 7.02. The second-order valence-corrected chi connectivity index (χ2v) is 6.75. The monoisotopic (exact) mass is 423 g/mol. The highest BCUT2D eigenvalue weighted by Gasteiger charge is 2.19. The van der Waals surface area contributed by atoms with Gasteiger partial charge in [0.25, 0.3) is 0 Å². The van der Waals surface area contributed by atoms with Gasteiger partial charge in [-0.2, -0.15) is 0 Å². The number of rotatable bonds is 4. The number of nitrogens with zero attached hydrogens (tertiary/aromatic N) is 2. The molecule has 2 aliphatic rings. The summed E-state index contributed by atoms with van der Waals surface area (Å²) >= 11 is 0. The predicted molar refractivity (Wildman–Crippen MR) is 104 cm³/mol. The first-order valence-electron chi connectivity index (χ1n) is 8.79. The van der Waals surface area contributed by atoms with E-state index in [0.29, 0.717) is 5.92 Å². The van der Waals surface area contributed by atoms with E-state index < -0.39 is 0 Å². The van der Waals surface area contributed by atoms with Gasteiger partial charge in [0.1, 0.15) is 0 Å². The molecule has 22 heavy (non-hydrogen) atoms. The van der Waals surface area contributed by atoms with Crippen molar-refractivity contribution < 1.29 is 4.74 Å². The van der Waals surface area contributed by atoms with Crippen LogP contribution in [0.2, 0.25) is 0 Å². The number of ether oxygens (including phenoxy) is 1. The molecule has 0 aromatic rings. The first-order valence-corrected chi connectivity index (χ1v) is 8.79. The molecule has 0 spiro atoms. The summed E-state index contributed by atoms with van der Waals surface area (Å²) in [5.41, 5.74) is 0. The van der Waals surface area contributed by atoms with Gasteiger partial charge in [-0.05, 0) is 25.2 Å². The third-order valence-electron chi connectivity index (χ3n) is 4.90. The molecule has 1 heterocycles. The highest BCUT2D eigenvalue weighted by Crippen LogP contribution is 2.21. The Morgan fingerprint density at radius 2 is 1.77 bits per heavy atom. The maximum atomic E-state index is 5.47. The number of hydrogen-bond donors (Lipinski definition) is 1. The Bertz CT molecular complexity index is 311. The molecule has 2 fully saturated rings. The Hall–Kier alpha value is -0.0400. The summed E-state index contributed by atoms with van der Waals surface area (Å²) in [5.74, 6) is 2.53. The van der Waals surface area contributed by atoms with Crippen molar-refractivity contribution in [1.29, 1.82) is 0 Å². The van der Waals surface area contributed by atoms with Gasteiger partial charge < -0.3 is 15.0 Å². The average molecular weight is 423 g/mol. The molecule has 1 unspecified atom stereocenters. The molecule has 130 valence electrons. The van der Waals surface area contributed by atoms with Gasteiger partial charge in [-0.1, -0.05) is 32.1 Å². The molecular formula is C17H34IN3O. The first-order chi connectivity index (χ1) is 10.3. The van der Waals surface area contributed by atoms with Crippen LogP contribution >= 0.6 is 24.0 Å². The van der Waals surface area contributed by atoms with Gasteiger partial charge >= 0.3 is 0 Å². The molecule has 0 aromatic heterocycles. The Morgan fingerprint density at radius 3 is 2.36 bits per heavy atom. The second kappa shape index (κ2) is 11.5. The van der Waals surface area contributed by atoms with Crippen molar-refractivity contribution >= 4 is 29.9 Å². The summed E-state index contributed by atoms with van der Waals surface area (Å²) in [7, 11) is 4.04. The van der Waals surface area contributed by atoms with Crippen LogP contribution in [0.3, 0.4) is 0 Å². The first kappa shape index (κ1) is 20.0. The lowest BCUT2D eigenvalue weighted by Gasteiger charge is -2.27. The minimum absolute atomic E-state index is 0. The van der Waals surface area contributed by atoms with Gasteiger partial charge in [0.05, 0.1) is 6.61 Å². The molecule has 1 aliphatic carbocycles. The van der Waals surface area contributed by atoms with Crippen LogP contribution in [0.5, 0.6) is 0 Å². The second-order valence-electron chi connectivity index (χ2n) is 6.75. The van der Waals surface area contributed by atoms with Crippen molar-refractivity contribution in [2.75, 3.05) is 40.4 Å². The smallest absolute Gasteiger partial charge is 0.193 e. The number of guanidine groups is 1. The van der Waals surface area contributed by atoms with E-state index in [2.05, 4.69) is 22.3 Å². The Morgan fingerprint density at radius 1 is 1.09 bits per heavy atom. The van der Waals surface area contributed by atoms with Gasteiger partial charge in [0.2, 0.25) is 0 Å². The maximum Gasteiger partial charge on any atom is 0.193 e. The molecule has 0 amide bonds. The molecule has 0 radical (unpaired) electrons. The fourth-order valence-corrected chi connectivity index (χ4v) is 3.57. The summed E-state index contributed by atoms with van der Waals surface area (Å²) in [6.45, 7) is 3.96. The molecule has 1 N–H and O–H groups in total. The Kier molecular flexibility index (Phi) is 10.4. The standard InChI is InChI=1S/C17H33N3O.HI/c1-18-17(20(2)13-16-10-11-21-14-16)19-12-15-8-6-4-3-5-7-9-15;/h15-16H,3-14H2,1-2H3,(H,18,19);1H. The van der Waals surface area contributed by atoms with Gasteiger partial charge in [-0.3, -0.25) is 4.99 Å². The minimum atomic E-state index is 0. The fraction of sp³-hybridized carbons (Fsp3) is 0.941. The highest BCUT2D eigenvalue weighted by atomic mass is 127. The molecule has 4 nitrogen and oxygen atoms in total.